The zero-order valence-corrected chi connectivity index (χ0v) is 22.1. The molecule has 0 radical (unpaired) electrons. The van der Waals surface area contributed by atoms with Crippen LogP contribution in [-0.2, 0) is 17.6 Å². The van der Waals surface area contributed by atoms with Crippen molar-refractivity contribution in [1.82, 2.24) is 25.9 Å². The van der Waals surface area contributed by atoms with Crippen molar-refractivity contribution in [3.8, 4) is 0 Å². The third-order valence-electron chi connectivity index (χ3n) is 6.88. The summed E-state index contributed by atoms with van der Waals surface area (Å²) in [7, 11) is 1.70. The van der Waals surface area contributed by atoms with Gasteiger partial charge in [-0.15, -0.1) is 0 Å². The number of anilines is 1. The second kappa shape index (κ2) is 10.9. The van der Waals surface area contributed by atoms with Gasteiger partial charge in [-0.1, -0.05) is 48.0 Å². The summed E-state index contributed by atoms with van der Waals surface area (Å²) in [5, 5.41) is 6.45. The highest BCUT2D eigenvalue weighted by Crippen LogP contribution is 2.33. The predicted octanol–water partition coefficient (Wildman–Crippen LogP) is 3.51. The van der Waals surface area contributed by atoms with Gasteiger partial charge in [-0.05, 0) is 65.9 Å². The minimum absolute atomic E-state index is 0.123. The number of fused-ring (bicyclic) bond motifs is 2. The Kier molecular flexibility index (Phi) is 7.44. The molecule has 5 rings (SSSR count). The maximum Gasteiger partial charge on any atom is 0.253 e. The summed E-state index contributed by atoms with van der Waals surface area (Å²) in [6.45, 7) is 0.595. The van der Waals surface area contributed by atoms with Gasteiger partial charge in [-0.25, -0.2) is 9.37 Å². The Bertz CT molecular complexity index is 1420. The highest BCUT2D eigenvalue weighted by Gasteiger charge is 2.30. The molecule has 11 heteroatoms. The molecule has 4 N–H and O–H groups in total. The molecule has 2 heterocycles. The molecule has 1 aliphatic heterocycles. The molecule has 196 valence electrons. The first kappa shape index (κ1) is 25.9. The van der Waals surface area contributed by atoms with Crippen LogP contribution in [0.2, 0.25) is 5.02 Å². The Morgan fingerprint density at radius 2 is 1.92 bits per heavy atom. The molecule has 0 spiro atoms. The second-order valence-corrected chi connectivity index (χ2v) is 10.1. The maximum absolute atomic E-state index is 14.7. The first-order valence-electron chi connectivity index (χ1n) is 12.2. The van der Waals surface area contributed by atoms with Crippen LogP contribution >= 0.6 is 23.8 Å². The SMILES string of the molecule is CN1CCC(NC(=O)c2cnc(NNC(=S)NC3c4ccccc4CCc4c(F)cccc43)c(Cl)c2)C1=O. The molecule has 2 amide bonds. The van der Waals surface area contributed by atoms with E-state index in [9.17, 15) is 14.0 Å². The Labute approximate surface area is 229 Å². The summed E-state index contributed by atoms with van der Waals surface area (Å²) in [5.74, 6) is -0.523. The summed E-state index contributed by atoms with van der Waals surface area (Å²) >= 11 is 11.9. The minimum atomic E-state index is -0.554. The molecule has 0 saturated carbocycles. The number of thiocarbonyl (C=S) groups is 1. The highest BCUT2D eigenvalue weighted by atomic mass is 35.5. The third kappa shape index (κ3) is 5.27. The lowest BCUT2D eigenvalue weighted by atomic mass is 9.94. The topological polar surface area (TPSA) is 98.4 Å². The Hall–Kier alpha value is -3.76. The molecule has 1 fully saturated rings. The van der Waals surface area contributed by atoms with E-state index >= 15 is 0 Å². The Morgan fingerprint density at radius 1 is 1.13 bits per heavy atom. The summed E-state index contributed by atoms with van der Waals surface area (Å²) in [5.41, 5.74) is 9.63. The lowest BCUT2D eigenvalue weighted by molar-refractivity contribution is -0.128. The fourth-order valence-corrected chi connectivity index (χ4v) is 5.25. The first-order valence-corrected chi connectivity index (χ1v) is 13.0. The van der Waals surface area contributed by atoms with E-state index in [-0.39, 0.29) is 39.3 Å². The van der Waals surface area contributed by atoms with Crippen molar-refractivity contribution >= 4 is 46.6 Å². The van der Waals surface area contributed by atoms with Gasteiger partial charge in [0.2, 0.25) is 5.91 Å². The standard InChI is InChI=1S/C27H26ClFN6O2S/c1-35-12-11-22(26(35)37)31-25(36)16-13-20(28)24(30-14-16)33-34-27(38)32-23-17-6-3-2-5-15(17)9-10-18-19(23)7-4-8-21(18)29/h2-8,13-14,22-23H,9-12H2,1H3,(H,30,33)(H,31,36)(H2,32,34,38). The number of hydrogen-bond acceptors (Lipinski definition) is 5. The van der Waals surface area contributed by atoms with Crippen LogP contribution in [0.15, 0.2) is 54.7 Å². The Balaban J connectivity index is 1.26. The number of aromatic nitrogens is 1. The zero-order valence-electron chi connectivity index (χ0n) is 20.6. The van der Waals surface area contributed by atoms with Crippen LogP contribution in [0.3, 0.4) is 0 Å². The number of hydrazine groups is 1. The lowest BCUT2D eigenvalue weighted by Gasteiger charge is -2.24. The number of pyridine rings is 1. The summed E-state index contributed by atoms with van der Waals surface area (Å²) < 4.78 is 14.7. The highest BCUT2D eigenvalue weighted by molar-refractivity contribution is 7.80. The van der Waals surface area contributed by atoms with E-state index in [1.54, 1.807) is 18.0 Å². The van der Waals surface area contributed by atoms with E-state index in [1.165, 1.54) is 18.3 Å². The molecular weight excluding hydrogens is 527 g/mol. The van der Waals surface area contributed by atoms with Crippen molar-refractivity contribution in [2.45, 2.75) is 31.3 Å². The van der Waals surface area contributed by atoms with Crippen molar-refractivity contribution in [1.29, 1.82) is 0 Å². The fourth-order valence-electron chi connectivity index (χ4n) is 4.87. The van der Waals surface area contributed by atoms with Gasteiger partial charge in [-0.2, -0.15) is 0 Å². The maximum atomic E-state index is 14.7. The summed E-state index contributed by atoms with van der Waals surface area (Å²) in [6.07, 6.45) is 3.25. The zero-order chi connectivity index (χ0) is 26.8. The van der Waals surface area contributed by atoms with E-state index in [0.717, 1.165) is 23.1 Å². The van der Waals surface area contributed by atoms with Crippen molar-refractivity contribution in [2.24, 2.45) is 0 Å². The van der Waals surface area contributed by atoms with Gasteiger partial charge in [0.05, 0.1) is 16.6 Å². The van der Waals surface area contributed by atoms with Crippen LogP contribution in [0.25, 0.3) is 0 Å². The molecular formula is C27H26ClFN6O2S. The number of likely N-dealkylation sites (N-methyl/N-ethyl adjacent to an activating group) is 1. The molecule has 2 atom stereocenters. The average Bonchev–Trinajstić information content (AvgIpc) is 3.13. The van der Waals surface area contributed by atoms with Crippen molar-refractivity contribution in [3.05, 3.63) is 93.4 Å². The first-order chi connectivity index (χ1) is 18.3. The molecule has 1 aromatic heterocycles. The molecule has 3 aromatic rings. The summed E-state index contributed by atoms with van der Waals surface area (Å²) in [4.78, 5) is 30.5. The number of benzene rings is 2. The van der Waals surface area contributed by atoms with E-state index in [4.69, 9.17) is 23.8 Å². The number of carbonyl (C=O) groups is 2. The van der Waals surface area contributed by atoms with Crippen molar-refractivity contribution in [3.63, 3.8) is 0 Å². The number of amides is 2. The minimum Gasteiger partial charge on any atom is -0.350 e. The van der Waals surface area contributed by atoms with Crippen molar-refractivity contribution in [2.75, 3.05) is 19.0 Å². The van der Waals surface area contributed by atoms with Crippen LogP contribution in [0.1, 0.15) is 45.1 Å². The normalized spacial score (nSPS) is 18.2. The Morgan fingerprint density at radius 3 is 2.68 bits per heavy atom. The molecule has 8 nitrogen and oxygen atoms in total. The van der Waals surface area contributed by atoms with Gasteiger partial charge in [0, 0.05) is 19.8 Å². The smallest absolute Gasteiger partial charge is 0.253 e. The number of halogens is 2. The van der Waals surface area contributed by atoms with E-state index in [1.807, 2.05) is 30.3 Å². The number of hydrogen-bond donors (Lipinski definition) is 4. The van der Waals surface area contributed by atoms with Crippen LogP contribution < -0.4 is 21.5 Å². The molecule has 0 bridgehead atoms. The predicted molar refractivity (Wildman–Crippen MR) is 147 cm³/mol. The van der Waals surface area contributed by atoms with E-state index in [0.29, 0.717) is 24.9 Å². The third-order valence-corrected chi connectivity index (χ3v) is 7.39. The molecule has 38 heavy (non-hydrogen) atoms. The van der Waals surface area contributed by atoms with Gasteiger partial charge in [0.25, 0.3) is 5.91 Å². The summed E-state index contributed by atoms with van der Waals surface area (Å²) in [6, 6.07) is 13.6. The van der Waals surface area contributed by atoms with Crippen LogP contribution in [0.4, 0.5) is 10.2 Å². The molecule has 1 saturated heterocycles. The van der Waals surface area contributed by atoms with Crippen molar-refractivity contribution < 1.29 is 14.0 Å². The van der Waals surface area contributed by atoms with Gasteiger partial charge in [0.15, 0.2) is 10.9 Å². The second-order valence-electron chi connectivity index (χ2n) is 9.29. The number of nitrogens with zero attached hydrogens (tertiary/aromatic N) is 2. The van der Waals surface area contributed by atoms with Gasteiger partial charge in [0.1, 0.15) is 11.9 Å². The average molecular weight is 553 g/mol. The largest absolute Gasteiger partial charge is 0.350 e. The lowest BCUT2D eigenvalue weighted by Crippen LogP contribution is -2.41. The van der Waals surface area contributed by atoms with Gasteiger partial charge >= 0.3 is 0 Å². The molecule has 1 aliphatic carbocycles. The number of carbonyl (C=O) groups excluding carboxylic acids is 2. The monoisotopic (exact) mass is 552 g/mol. The number of likely N-dealkylation sites (tertiary alicyclic amines) is 1. The van der Waals surface area contributed by atoms with Crippen LogP contribution in [0.5, 0.6) is 0 Å². The quantitative estimate of drug-likeness (QED) is 0.284. The van der Waals surface area contributed by atoms with Gasteiger partial charge in [-0.3, -0.25) is 20.4 Å². The fraction of sp³-hybridized carbons (Fsp3) is 0.259. The van der Waals surface area contributed by atoms with E-state index < -0.39 is 11.9 Å². The van der Waals surface area contributed by atoms with Gasteiger partial charge < -0.3 is 15.5 Å². The molecule has 2 aliphatic rings. The number of nitrogens with one attached hydrogen (secondary N) is 4. The number of rotatable bonds is 5. The van der Waals surface area contributed by atoms with E-state index in [2.05, 4.69) is 26.5 Å². The van der Waals surface area contributed by atoms with Crippen LogP contribution in [0, 0.1) is 5.82 Å². The number of aryl methyl sites for hydroxylation is 1. The van der Waals surface area contributed by atoms with Crippen LogP contribution in [-0.4, -0.2) is 46.4 Å². The molecule has 2 unspecified atom stereocenters. The molecule has 2 aromatic carbocycles.